The van der Waals surface area contributed by atoms with E-state index in [0.717, 1.165) is 0 Å². The van der Waals surface area contributed by atoms with Crippen molar-refractivity contribution in [1.29, 1.82) is 0 Å². The molecule has 0 radical (unpaired) electrons. The van der Waals surface area contributed by atoms with Crippen molar-refractivity contribution in [3.05, 3.63) is 0 Å². The van der Waals surface area contributed by atoms with Gasteiger partial charge in [-0.25, -0.2) is 4.79 Å². The van der Waals surface area contributed by atoms with Crippen molar-refractivity contribution in [2.24, 2.45) is 17.2 Å². The minimum atomic E-state index is -1.75. The number of nitrogens with one attached hydrogen (secondary N) is 4. The van der Waals surface area contributed by atoms with Crippen molar-refractivity contribution in [3.63, 3.8) is 0 Å². The Morgan fingerprint density at radius 2 is 1.41 bits per heavy atom. The minimum Gasteiger partial charge on any atom is -0.480 e. The summed E-state index contributed by atoms with van der Waals surface area (Å²) in [7, 11) is 0. The van der Waals surface area contributed by atoms with Crippen molar-refractivity contribution in [3.8, 4) is 0 Å². The lowest BCUT2D eigenvalue weighted by Gasteiger charge is -2.28. The number of carboxylic acid groups (broad SMARTS) is 1. The Bertz CT molecular complexity index is 1040. The number of aliphatic hydroxyl groups excluding tert-OH is 1. The van der Waals surface area contributed by atoms with Crippen molar-refractivity contribution in [2.45, 2.75) is 68.9 Å². The SMILES string of the molecule is C[C@H](NC(=O)[C@H](CO)NC(=O)[C@@H]1CCCN1C(=O)[C@@H](N)CS)C(=O)N[C@@H](CC(N)=O)C(=O)N[C@@H](CC(N)=O)C(=O)O. The first-order valence-electron chi connectivity index (χ1n) is 12.4. The van der Waals surface area contributed by atoms with Crippen LogP contribution in [0.3, 0.4) is 0 Å². The smallest absolute Gasteiger partial charge is 0.326 e. The Labute approximate surface area is 239 Å². The molecule has 1 fully saturated rings. The summed E-state index contributed by atoms with van der Waals surface area (Å²) in [4.78, 5) is 98.2. The highest BCUT2D eigenvalue weighted by Gasteiger charge is 2.37. The highest BCUT2D eigenvalue weighted by atomic mass is 32.1. The molecule has 0 aromatic rings. The molecule has 0 saturated carbocycles. The Kier molecular flexibility index (Phi) is 14.0. The maximum Gasteiger partial charge on any atom is 0.326 e. The number of hydrogen-bond acceptors (Lipinski definition) is 11. The summed E-state index contributed by atoms with van der Waals surface area (Å²) in [5, 5.41) is 27.5. The molecule has 0 aliphatic carbocycles. The molecule has 19 heteroatoms. The van der Waals surface area contributed by atoms with Gasteiger partial charge in [-0.2, -0.15) is 12.6 Å². The molecular formula is C22H36N8O10S. The third-order valence-corrected chi connectivity index (χ3v) is 6.37. The number of amides is 7. The van der Waals surface area contributed by atoms with Gasteiger partial charge in [0.15, 0.2) is 0 Å². The molecule has 230 valence electrons. The van der Waals surface area contributed by atoms with E-state index in [-0.39, 0.29) is 12.3 Å². The normalized spacial score (nSPS) is 18.1. The highest BCUT2D eigenvalue weighted by Crippen LogP contribution is 2.18. The average Bonchev–Trinajstić information content (AvgIpc) is 3.39. The molecule has 41 heavy (non-hydrogen) atoms. The molecular weight excluding hydrogens is 568 g/mol. The molecule has 7 amide bonds. The maximum absolute atomic E-state index is 12.8. The Morgan fingerprint density at radius 3 is 1.93 bits per heavy atom. The molecule has 12 N–H and O–H groups in total. The Balaban J connectivity index is 2.86. The van der Waals surface area contributed by atoms with Gasteiger partial charge in [0.05, 0.1) is 25.5 Å². The van der Waals surface area contributed by atoms with Crippen LogP contribution in [0.25, 0.3) is 0 Å². The van der Waals surface area contributed by atoms with Gasteiger partial charge in [-0.1, -0.05) is 0 Å². The molecule has 0 spiro atoms. The monoisotopic (exact) mass is 604 g/mol. The van der Waals surface area contributed by atoms with Crippen molar-refractivity contribution < 1.29 is 48.6 Å². The summed E-state index contributed by atoms with van der Waals surface area (Å²) in [6.07, 6.45) is -0.731. The molecule has 0 aromatic carbocycles. The minimum absolute atomic E-state index is 0.0563. The van der Waals surface area contributed by atoms with E-state index >= 15 is 0 Å². The van der Waals surface area contributed by atoms with Crippen LogP contribution in [0.5, 0.6) is 0 Å². The molecule has 1 aliphatic rings. The van der Waals surface area contributed by atoms with Gasteiger partial charge < -0.3 is 53.6 Å². The number of aliphatic carboxylic acids is 1. The Hall–Kier alpha value is -3.97. The van der Waals surface area contributed by atoms with E-state index in [1.165, 1.54) is 11.8 Å². The first-order chi connectivity index (χ1) is 19.1. The summed E-state index contributed by atoms with van der Waals surface area (Å²) in [6.45, 7) is 0.583. The van der Waals surface area contributed by atoms with E-state index < -0.39 is 103 Å². The van der Waals surface area contributed by atoms with Gasteiger partial charge in [0.25, 0.3) is 0 Å². The van der Waals surface area contributed by atoms with E-state index in [0.29, 0.717) is 12.8 Å². The molecule has 18 nitrogen and oxygen atoms in total. The molecule has 0 unspecified atom stereocenters. The first-order valence-corrected chi connectivity index (χ1v) is 13.0. The summed E-state index contributed by atoms with van der Waals surface area (Å²) in [5.74, 6) is -8.02. The summed E-state index contributed by atoms with van der Waals surface area (Å²) in [6, 6.07) is -8.22. The predicted molar refractivity (Wildman–Crippen MR) is 142 cm³/mol. The number of nitrogens with two attached hydrogens (primary N) is 3. The molecule has 1 saturated heterocycles. The molecule has 1 aliphatic heterocycles. The highest BCUT2D eigenvalue weighted by molar-refractivity contribution is 7.80. The van der Waals surface area contributed by atoms with Crippen LogP contribution >= 0.6 is 12.6 Å². The van der Waals surface area contributed by atoms with Crippen molar-refractivity contribution in [1.82, 2.24) is 26.2 Å². The zero-order chi connectivity index (χ0) is 31.4. The zero-order valence-electron chi connectivity index (χ0n) is 22.2. The fourth-order valence-corrected chi connectivity index (χ4v) is 3.97. The van der Waals surface area contributed by atoms with Gasteiger partial charge >= 0.3 is 5.97 Å². The second-order valence-corrected chi connectivity index (χ2v) is 9.62. The molecule has 1 rings (SSSR count). The molecule has 0 bridgehead atoms. The summed E-state index contributed by atoms with van der Waals surface area (Å²) in [5.41, 5.74) is 15.8. The van der Waals surface area contributed by atoms with Gasteiger partial charge in [-0.05, 0) is 19.8 Å². The third-order valence-electron chi connectivity index (χ3n) is 5.98. The van der Waals surface area contributed by atoms with Crippen LogP contribution in [-0.4, -0.2) is 118 Å². The number of carboxylic acids is 1. The number of carbonyl (C=O) groups is 8. The molecule has 6 atom stereocenters. The number of aliphatic hydroxyl groups is 1. The second-order valence-electron chi connectivity index (χ2n) is 9.25. The number of carbonyl (C=O) groups excluding carboxylic acids is 7. The topological polar surface area (TPSA) is 306 Å². The molecule has 0 aromatic heterocycles. The van der Waals surface area contributed by atoms with Crippen LogP contribution in [0.15, 0.2) is 0 Å². The lowest BCUT2D eigenvalue weighted by molar-refractivity contribution is -0.144. The summed E-state index contributed by atoms with van der Waals surface area (Å²) < 4.78 is 0. The van der Waals surface area contributed by atoms with Crippen LogP contribution in [0.2, 0.25) is 0 Å². The Morgan fingerprint density at radius 1 is 0.878 bits per heavy atom. The molecule has 1 heterocycles. The van der Waals surface area contributed by atoms with Crippen LogP contribution in [0.4, 0.5) is 0 Å². The number of hydrogen-bond donors (Lipinski definition) is 10. The second kappa shape index (κ2) is 16.3. The van der Waals surface area contributed by atoms with E-state index in [9.17, 15) is 43.5 Å². The number of thiol groups is 1. The quantitative estimate of drug-likeness (QED) is 0.0739. The lowest BCUT2D eigenvalue weighted by atomic mass is 10.1. The fourth-order valence-electron chi connectivity index (χ4n) is 3.82. The van der Waals surface area contributed by atoms with Gasteiger partial charge in [0, 0.05) is 12.3 Å². The van der Waals surface area contributed by atoms with Crippen LogP contribution < -0.4 is 38.5 Å². The van der Waals surface area contributed by atoms with E-state index in [2.05, 4.69) is 28.6 Å². The van der Waals surface area contributed by atoms with Crippen LogP contribution in [0, 0.1) is 0 Å². The number of likely N-dealkylation sites (tertiary alicyclic amines) is 1. The van der Waals surface area contributed by atoms with E-state index in [1.807, 2.05) is 5.32 Å². The number of rotatable bonds is 16. The number of primary amides is 2. The predicted octanol–water partition coefficient (Wildman–Crippen LogP) is -5.98. The lowest BCUT2D eigenvalue weighted by Crippen LogP contribution is -2.59. The van der Waals surface area contributed by atoms with Crippen LogP contribution in [-0.2, 0) is 38.4 Å². The van der Waals surface area contributed by atoms with E-state index in [1.54, 1.807) is 0 Å². The largest absolute Gasteiger partial charge is 0.480 e. The first kappa shape index (κ1) is 35.1. The van der Waals surface area contributed by atoms with Crippen LogP contribution in [0.1, 0.15) is 32.6 Å². The van der Waals surface area contributed by atoms with Gasteiger partial charge in [0.1, 0.15) is 30.2 Å². The average molecular weight is 605 g/mol. The third kappa shape index (κ3) is 10.8. The summed E-state index contributed by atoms with van der Waals surface area (Å²) >= 11 is 3.98. The van der Waals surface area contributed by atoms with Gasteiger partial charge in [-0.3, -0.25) is 33.6 Å². The van der Waals surface area contributed by atoms with Crippen molar-refractivity contribution >= 4 is 59.9 Å². The van der Waals surface area contributed by atoms with Gasteiger partial charge in [0.2, 0.25) is 41.4 Å². The fraction of sp³-hybridized carbons (Fsp3) is 0.636. The standard InChI is InChI=1S/C22H36N8O10S/c1-9(17(34)27-11(5-15(24)32)18(35)28-12(22(39)40)6-16(25)33)26-19(36)13(7-31)29-20(37)14-3-2-4-30(14)21(38)10(23)8-41/h9-14,31,41H,2-8,23H2,1H3,(H2,24,32)(H2,25,33)(H,26,36)(H,27,34)(H,28,35)(H,29,37)(H,39,40)/t9-,10-,11-,12-,13-,14-/m0/s1. The van der Waals surface area contributed by atoms with E-state index in [4.69, 9.17) is 22.3 Å². The van der Waals surface area contributed by atoms with Crippen molar-refractivity contribution in [2.75, 3.05) is 18.9 Å². The maximum atomic E-state index is 12.8. The zero-order valence-corrected chi connectivity index (χ0v) is 23.1. The number of nitrogens with zero attached hydrogens (tertiary/aromatic N) is 1. The van der Waals surface area contributed by atoms with Gasteiger partial charge in [-0.15, -0.1) is 0 Å².